The van der Waals surface area contributed by atoms with E-state index in [-0.39, 0.29) is 11.8 Å². The molecule has 0 fully saturated rings. The Labute approximate surface area is 179 Å². The van der Waals surface area contributed by atoms with Crippen LogP contribution in [0.5, 0.6) is 11.5 Å². The number of hydrogen-bond acceptors (Lipinski definition) is 4. The van der Waals surface area contributed by atoms with Gasteiger partial charge in [-0.15, -0.1) is 0 Å². The lowest BCUT2D eigenvalue weighted by Crippen LogP contribution is -2.43. The number of aryl methyl sites for hydroxylation is 2. The van der Waals surface area contributed by atoms with Gasteiger partial charge in [-0.3, -0.25) is 9.59 Å². The third-order valence-electron chi connectivity index (χ3n) is 4.75. The molecule has 0 saturated heterocycles. The fourth-order valence-electron chi connectivity index (χ4n) is 2.78. The minimum atomic E-state index is -0.624. The van der Waals surface area contributed by atoms with Crippen LogP contribution in [0.2, 0.25) is 0 Å². The zero-order valence-electron chi connectivity index (χ0n) is 18.2. The maximum Gasteiger partial charge on any atom is 0.260 e. The zero-order chi connectivity index (χ0) is 21.9. The van der Waals surface area contributed by atoms with Crippen LogP contribution in [0, 0.1) is 0 Å². The van der Waals surface area contributed by atoms with Crippen LogP contribution >= 0.6 is 0 Å². The van der Waals surface area contributed by atoms with E-state index < -0.39 is 12.2 Å². The number of benzene rings is 2. The molecule has 162 valence electrons. The first kappa shape index (κ1) is 23.3. The largest absolute Gasteiger partial charge is 0.481 e. The molecule has 2 amide bonds. The summed E-state index contributed by atoms with van der Waals surface area (Å²) in [5.41, 5.74) is 2.43. The van der Waals surface area contributed by atoms with Gasteiger partial charge >= 0.3 is 0 Å². The van der Waals surface area contributed by atoms with Crippen molar-refractivity contribution in [1.82, 2.24) is 10.6 Å². The average molecular weight is 413 g/mol. The summed E-state index contributed by atoms with van der Waals surface area (Å²) in [7, 11) is 0. The summed E-state index contributed by atoms with van der Waals surface area (Å²) in [6.07, 6.45) is 0.663. The SMILES string of the molecule is CCc1ccc(O[C@@H](C)C(=O)NCCNC(=O)[C@H](C)Oc2ccc(CC)cc2)cc1. The number of carbonyl (C=O) groups excluding carboxylic acids is 2. The number of rotatable bonds is 11. The second-order valence-corrected chi connectivity index (χ2v) is 7.10. The van der Waals surface area contributed by atoms with Crippen molar-refractivity contribution in [3.05, 3.63) is 59.7 Å². The van der Waals surface area contributed by atoms with Gasteiger partial charge in [0.15, 0.2) is 12.2 Å². The van der Waals surface area contributed by atoms with Gasteiger partial charge in [0, 0.05) is 13.1 Å². The lowest BCUT2D eigenvalue weighted by atomic mass is 10.2. The molecule has 6 heteroatoms. The van der Waals surface area contributed by atoms with E-state index in [0.717, 1.165) is 12.8 Å². The first-order valence-electron chi connectivity index (χ1n) is 10.5. The van der Waals surface area contributed by atoms with E-state index in [4.69, 9.17) is 9.47 Å². The van der Waals surface area contributed by atoms with E-state index in [0.29, 0.717) is 24.6 Å². The molecule has 0 aliphatic rings. The van der Waals surface area contributed by atoms with Crippen LogP contribution in [-0.4, -0.2) is 37.1 Å². The maximum atomic E-state index is 12.2. The molecular weight excluding hydrogens is 380 g/mol. The van der Waals surface area contributed by atoms with Crippen molar-refractivity contribution in [2.75, 3.05) is 13.1 Å². The van der Waals surface area contributed by atoms with E-state index in [1.165, 1.54) is 11.1 Å². The summed E-state index contributed by atoms with van der Waals surface area (Å²) in [6, 6.07) is 15.4. The average Bonchev–Trinajstić information content (AvgIpc) is 2.77. The number of carbonyl (C=O) groups is 2. The van der Waals surface area contributed by atoms with Crippen molar-refractivity contribution >= 4 is 11.8 Å². The monoisotopic (exact) mass is 412 g/mol. The van der Waals surface area contributed by atoms with Crippen LogP contribution in [0.4, 0.5) is 0 Å². The Bertz CT molecular complexity index is 733. The van der Waals surface area contributed by atoms with Crippen LogP contribution < -0.4 is 20.1 Å². The van der Waals surface area contributed by atoms with Crippen LogP contribution in [0.1, 0.15) is 38.8 Å². The van der Waals surface area contributed by atoms with Gasteiger partial charge in [-0.25, -0.2) is 0 Å². The third-order valence-corrected chi connectivity index (χ3v) is 4.75. The topological polar surface area (TPSA) is 76.7 Å². The Morgan fingerprint density at radius 3 is 1.33 bits per heavy atom. The molecule has 2 atom stereocenters. The maximum absolute atomic E-state index is 12.2. The highest BCUT2D eigenvalue weighted by atomic mass is 16.5. The quantitative estimate of drug-likeness (QED) is 0.556. The second-order valence-electron chi connectivity index (χ2n) is 7.10. The Kier molecular flexibility index (Phi) is 9.19. The van der Waals surface area contributed by atoms with E-state index >= 15 is 0 Å². The van der Waals surface area contributed by atoms with E-state index in [9.17, 15) is 9.59 Å². The summed E-state index contributed by atoms with van der Waals surface area (Å²) >= 11 is 0. The predicted octanol–water partition coefficient (Wildman–Crippen LogP) is 3.28. The molecular formula is C24H32N2O4. The van der Waals surface area contributed by atoms with Gasteiger partial charge in [0.2, 0.25) is 0 Å². The van der Waals surface area contributed by atoms with E-state index in [1.54, 1.807) is 13.8 Å². The molecule has 2 rings (SSSR count). The van der Waals surface area contributed by atoms with Crippen molar-refractivity contribution in [3.8, 4) is 11.5 Å². The van der Waals surface area contributed by atoms with Crippen LogP contribution in [0.3, 0.4) is 0 Å². The highest BCUT2D eigenvalue weighted by Gasteiger charge is 2.16. The van der Waals surface area contributed by atoms with Crippen LogP contribution in [-0.2, 0) is 22.4 Å². The number of amides is 2. The summed E-state index contributed by atoms with van der Waals surface area (Å²) in [5.74, 6) is 0.843. The van der Waals surface area contributed by atoms with Gasteiger partial charge in [0.05, 0.1) is 0 Å². The molecule has 2 aromatic rings. The van der Waals surface area contributed by atoms with Gasteiger partial charge < -0.3 is 20.1 Å². The van der Waals surface area contributed by atoms with Crippen molar-refractivity contribution in [2.45, 2.75) is 52.7 Å². The molecule has 0 heterocycles. The summed E-state index contributed by atoms with van der Waals surface area (Å²) in [4.78, 5) is 24.3. The van der Waals surface area contributed by atoms with Gasteiger partial charge in [-0.1, -0.05) is 38.1 Å². The molecule has 30 heavy (non-hydrogen) atoms. The van der Waals surface area contributed by atoms with Crippen molar-refractivity contribution in [3.63, 3.8) is 0 Å². The predicted molar refractivity (Wildman–Crippen MR) is 118 cm³/mol. The van der Waals surface area contributed by atoms with Gasteiger partial charge in [0.25, 0.3) is 11.8 Å². The fourth-order valence-corrected chi connectivity index (χ4v) is 2.78. The Balaban J connectivity index is 1.67. The van der Waals surface area contributed by atoms with Gasteiger partial charge in [-0.2, -0.15) is 0 Å². The Morgan fingerprint density at radius 2 is 1.03 bits per heavy atom. The minimum Gasteiger partial charge on any atom is -0.481 e. The number of ether oxygens (including phenoxy) is 2. The molecule has 0 aromatic heterocycles. The van der Waals surface area contributed by atoms with E-state index in [1.807, 2.05) is 48.5 Å². The lowest BCUT2D eigenvalue weighted by Gasteiger charge is -2.17. The molecule has 0 radical (unpaired) electrons. The standard InChI is InChI=1S/C24H32N2O4/c1-5-19-7-11-21(12-8-19)29-17(3)23(27)25-15-16-26-24(28)18(4)30-22-13-9-20(6-2)10-14-22/h7-14,17-18H,5-6,15-16H2,1-4H3,(H,25,27)(H,26,28)/t17-,18-/m0/s1. The molecule has 0 unspecified atom stereocenters. The second kappa shape index (κ2) is 11.9. The molecule has 2 aromatic carbocycles. The van der Waals surface area contributed by atoms with Crippen molar-refractivity contribution < 1.29 is 19.1 Å². The van der Waals surface area contributed by atoms with E-state index in [2.05, 4.69) is 24.5 Å². The highest BCUT2D eigenvalue weighted by Crippen LogP contribution is 2.15. The summed E-state index contributed by atoms with van der Waals surface area (Å²) in [5, 5.41) is 5.52. The molecule has 0 spiro atoms. The Hall–Kier alpha value is -3.02. The van der Waals surface area contributed by atoms with Crippen molar-refractivity contribution in [1.29, 1.82) is 0 Å². The summed E-state index contributed by atoms with van der Waals surface area (Å²) in [6.45, 7) is 8.18. The zero-order valence-corrected chi connectivity index (χ0v) is 18.2. The smallest absolute Gasteiger partial charge is 0.260 e. The van der Waals surface area contributed by atoms with Crippen LogP contribution in [0.25, 0.3) is 0 Å². The number of nitrogens with one attached hydrogen (secondary N) is 2. The fraction of sp³-hybridized carbons (Fsp3) is 0.417. The molecule has 2 N–H and O–H groups in total. The normalized spacial score (nSPS) is 12.5. The van der Waals surface area contributed by atoms with Gasteiger partial charge in [0.1, 0.15) is 11.5 Å². The number of hydrogen-bond donors (Lipinski definition) is 2. The highest BCUT2D eigenvalue weighted by molar-refractivity contribution is 5.81. The minimum absolute atomic E-state index is 0.232. The first-order valence-corrected chi connectivity index (χ1v) is 10.5. The lowest BCUT2D eigenvalue weighted by molar-refractivity contribution is -0.129. The molecule has 6 nitrogen and oxygen atoms in total. The summed E-state index contributed by atoms with van der Waals surface area (Å²) < 4.78 is 11.3. The molecule has 0 aliphatic carbocycles. The van der Waals surface area contributed by atoms with Crippen LogP contribution in [0.15, 0.2) is 48.5 Å². The van der Waals surface area contributed by atoms with Gasteiger partial charge in [-0.05, 0) is 62.1 Å². The molecule has 0 aliphatic heterocycles. The molecule has 0 saturated carbocycles. The third kappa shape index (κ3) is 7.43. The van der Waals surface area contributed by atoms with Crippen molar-refractivity contribution in [2.24, 2.45) is 0 Å². The first-order chi connectivity index (χ1) is 14.4. The molecule has 0 bridgehead atoms. The Morgan fingerprint density at radius 1 is 0.700 bits per heavy atom.